The third-order valence-electron chi connectivity index (χ3n) is 8.59. The number of rotatable bonds is 5. The number of aliphatic hydroxyl groups excluding tert-OH is 1. The van der Waals surface area contributed by atoms with Crippen molar-refractivity contribution in [1.29, 1.82) is 0 Å². The van der Waals surface area contributed by atoms with Gasteiger partial charge in [0.15, 0.2) is 5.78 Å². The van der Waals surface area contributed by atoms with E-state index in [-0.39, 0.29) is 35.2 Å². The Labute approximate surface area is 239 Å². The van der Waals surface area contributed by atoms with Crippen molar-refractivity contribution in [2.24, 2.45) is 11.3 Å². The van der Waals surface area contributed by atoms with Gasteiger partial charge in [0, 0.05) is 29.1 Å². The summed E-state index contributed by atoms with van der Waals surface area (Å²) in [6, 6.07) is 9.97. The van der Waals surface area contributed by atoms with E-state index in [1.807, 2.05) is 18.2 Å². The van der Waals surface area contributed by atoms with E-state index in [4.69, 9.17) is 34.8 Å². The number of carbonyl (C=O) groups excluding carboxylic acids is 2. The summed E-state index contributed by atoms with van der Waals surface area (Å²) in [4.78, 5) is 28.4. The third-order valence-corrected chi connectivity index (χ3v) is 9.66. The van der Waals surface area contributed by atoms with Crippen LogP contribution in [0.1, 0.15) is 76.3 Å². The van der Waals surface area contributed by atoms with Crippen LogP contribution in [0.2, 0.25) is 15.1 Å². The zero-order chi connectivity index (χ0) is 27.4. The molecule has 2 heterocycles. The second-order valence-corrected chi connectivity index (χ2v) is 13.7. The Hall–Kier alpha value is -1.63. The molecule has 3 N–H and O–H groups in total. The van der Waals surface area contributed by atoms with E-state index in [0.29, 0.717) is 52.0 Å². The molecule has 4 atom stereocenters. The molecule has 1 saturated heterocycles. The van der Waals surface area contributed by atoms with Crippen LogP contribution in [0, 0.1) is 11.3 Å². The van der Waals surface area contributed by atoms with Gasteiger partial charge in [-0.05, 0) is 72.8 Å². The first-order valence-electron chi connectivity index (χ1n) is 13.4. The lowest BCUT2D eigenvalue weighted by Crippen LogP contribution is -2.49. The van der Waals surface area contributed by atoms with Gasteiger partial charge in [-0.2, -0.15) is 0 Å². The third kappa shape index (κ3) is 4.90. The quantitative estimate of drug-likeness (QED) is 0.361. The fourth-order valence-corrected chi connectivity index (χ4v) is 7.56. The Kier molecular flexibility index (Phi) is 7.64. The molecule has 2 aliphatic heterocycles. The van der Waals surface area contributed by atoms with Crippen LogP contribution < -0.4 is 10.6 Å². The van der Waals surface area contributed by atoms with E-state index < -0.39 is 17.4 Å². The summed E-state index contributed by atoms with van der Waals surface area (Å²) in [6.07, 6.45) is 3.85. The van der Waals surface area contributed by atoms with Crippen LogP contribution in [0.15, 0.2) is 36.4 Å². The molecule has 1 aliphatic carbocycles. The molecule has 1 saturated carbocycles. The number of ketones is 1. The molecule has 5 nitrogen and oxygen atoms in total. The molecule has 2 aromatic rings. The average Bonchev–Trinajstić information content (AvgIpc) is 3.31. The Morgan fingerprint density at radius 2 is 1.79 bits per heavy atom. The molecule has 0 bridgehead atoms. The van der Waals surface area contributed by atoms with Crippen LogP contribution >= 0.6 is 34.8 Å². The number of halogens is 3. The minimum Gasteiger partial charge on any atom is -0.393 e. The number of amides is 1. The fourth-order valence-electron chi connectivity index (χ4n) is 6.96. The molecule has 5 rings (SSSR count). The van der Waals surface area contributed by atoms with Gasteiger partial charge in [0.2, 0.25) is 5.91 Å². The molecule has 0 radical (unpaired) electrons. The first-order valence-corrected chi connectivity index (χ1v) is 14.6. The number of aliphatic hydroxyl groups is 1. The second-order valence-electron chi connectivity index (χ2n) is 12.4. The van der Waals surface area contributed by atoms with Crippen molar-refractivity contribution in [3.8, 4) is 0 Å². The summed E-state index contributed by atoms with van der Waals surface area (Å²) in [5.74, 6) is -0.443. The topological polar surface area (TPSA) is 78.4 Å². The molecule has 1 amide bonds. The van der Waals surface area contributed by atoms with Gasteiger partial charge in [-0.1, -0.05) is 73.8 Å². The standard InChI is InChI=1S/C30H35Cl3N2O3/c1-29(2,3)15-24-30(20-12-9-17(31)14-22(20)34-28(30)38)25(19-5-4-6-21(32)26(19)33)27(35-24)23(37)13-16-7-10-18(36)11-8-16/h4-6,9,12,14,16,18,24-25,27,35-36H,7-8,10-11,13,15H2,1-3H3,(H,34,38)/t16?,18?,24-,25+,27+,30+/m1/s1. The van der Waals surface area contributed by atoms with Crippen LogP contribution in [-0.2, 0) is 15.0 Å². The summed E-state index contributed by atoms with van der Waals surface area (Å²) < 4.78 is 0. The minimum atomic E-state index is -1.08. The van der Waals surface area contributed by atoms with Crippen LogP contribution in [-0.4, -0.2) is 35.0 Å². The van der Waals surface area contributed by atoms with Crippen LogP contribution in [0.5, 0.6) is 0 Å². The summed E-state index contributed by atoms with van der Waals surface area (Å²) in [7, 11) is 0. The lowest BCUT2D eigenvalue weighted by atomic mass is 9.62. The minimum absolute atomic E-state index is 0.0680. The SMILES string of the molecule is CC(C)(C)C[C@H]1N[C@@H](C(=O)CC2CCC(O)CC2)[C@H](c2cccc(Cl)c2Cl)[C@@]12C(=O)Nc1cc(Cl)ccc12. The number of hydrogen-bond donors (Lipinski definition) is 3. The van der Waals surface area contributed by atoms with Crippen molar-refractivity contribution in [3.05, 3.63) is 62.6 Å². The molecule has 8 heteroatoms. The highest BCUT2D eigenvalue weighted by Gasteiger charge is 2.65. The Balaban J connectivity index is 1.67. The van der Waals surface area contributed by atoms with Crippen molar-refractivity contribution in [1.82, 2.24) is 5.32 Å². The van der Waals surface area contributed by atoms with Gasteiger partial charge in [0.1, 0.15) is 5.41 Å². The number of anilines is 1. The van der Waals surface area contributed by atoms with Gasteiger partial charge >= 0.3 is 0 Å². The smallest absolute Gasteiger partial charge is 0.237 e. The first kappa shape index (κ1) is 27.9. The molecular weight excluding hydrogens is 543 g/mol. The Morgan fingerprint density at radius 1 is 1.08 bits per heavy atom. The van der Waals surface area contributed by atoms with Crippen LogP contribution in [0.4, 0.5) is 5.69 Å². The van der Waals surface area contributed by atoms with Gasteiger partial charge < -0.3 is 15.7 Å². The average molecular weight is 578 g/mol. The lowest BCUT2D eigenvalue weighted by molar-refractivity contribution is -0.123. The zero-order valence-electron chi connectivity index (χ0n) is 22.0. The van der Waals surface area contributed by atoms with E-state index in [0.717, 1.165) is 18.4 Å². The van der Waals surface area contributed by atoms with Crippen molar-refractivity contribution >= 4 is 52.2 Å². The second kappa shape index (κ2) is 10.4. The largest absolute Gasteiger partial charge is 0.393 e. The van der Waals surface area contributed by atoms with E-state index in [1.54, 1.807) is 18.2 Å². The Bertz CT molecular complexity index is 1250. The maximum Gasteiger partial charge on any atom is 0.237 e. The normalized spacial score (nSPS) is 30.9. The molecule has 3 aliphatic rings. The number of carbonyl (C=O) groups is 2. The number of hydrogen-bond acceptors (Lipinski definition) is 4. The predicted octanol–water partition coefficient (Wildman–Crippen LogP) is 6.91. The molecule has 2 fully saturated rings. The zero-order valence-corrected chi connectivity index (χ0v) is 24.3. The summed E-state index contributed by atoms with van der Waals surface area (Å²) >= 11 is 19.7. The van der Waals surface area contributed by atoms with Gasteiger partial charge in [0.25, 0.3) is 0 Å². The molecule has 204 valence electrons. The van der Waals surface area contributed by atoms with E-state index >= 15 is 0 Å². The fraction of sp³-hybridized carbons (Fsp3) is 0.533. The molecule has 1 spiro atoms. The maximum absolute atomic E-state index is 14.2. The van der Waals surface area contributed by atoms with Crippen molar-refractivity contribution in [3.63, 3.8) is 0 Å². The Morgan fingerprint density at radius 3 is 2.47 bits per heavy atom. The van der Waals surface area contributed by atoms with Gasteiger partial charge in [-0.15, -0.1) is 0 Å². The number of nitrogens with one attached hydrogen (secondary N) is 2. The molecule has 0 aromatic heterocycles. The monoisotopic (exact) mass is 576 g/mol. The van der Waals surface area contributed by atoms with Crippen molar-refractivity contribution in [2.45, 2.75) is 88.8 Å². The highest BCUT2D eigenvalue weighted by atomic mass is 35.5. The van der Waals surface area contributed by atoms with Crippen molar-refractivity contribution < 1.29 is 14.7 Å². The summed E-state index contributed by atoms with van der Waals surface area (Å²) in [6.45, 7) is 6.42. The van der Waals surface area contributed by atoms with Gasteiger partial charge in [-0.3, -0.25) is 9.59 Å². The maximum atomic E-state index is 14.2. The highest BCUT2D eigenvalue weighted by Crippen LogP contribution is 2.58. The molecule has 0 unspecified atom stereocenters. The predicted molar refractivity (Wildman–Crippen MR) is 153 cm³/mol. The van der Waals surface area contributed by atoms with E-state index in [2.05, 4.69) is 31.4 Å². The molecule has 38 heavy (non-hydrogen) atoms. The molecule has 2 aromatic carbocycles. The van der Waals surface area contributed by atoms with Crippen LogP contribution in [0.25, 0.3) is 0 Å². The number of benzene rings is 2. The molecular formula is C30H35Cl3N2O3. The summed E-state index contributed by atoms with van der Waals surface area (Å²) in [5, 5.41) is 18.0. The van der Waals surface area contributed by atoms with E-state index in [1.165, 1.54) is 0 Å². The summed E-state index contributed by atoms with van der Waals surface area (Å²) in [5.41, 5.74) is 0.982. The number of Topliss-reactive ketones (excluding diaryl/α,β-unsaturated/α-hetero) is 1. The van der Waals surface area contributed by atoms with Crippen molar-refractivity contribution in [2.75, 3.05) is 5.32 Å². The van der Waals surface area contributed by atoms with Crippen LogP contribution in [0.3, 0.4) is 0 Å². The first-order chi connectivity index (χ1) is 17.9. The van der Waals surface area contributed by atoms with Gasteiger partial charge in [-0.25, -0.2) is 0 Å². The van der Waals surface area contributed by atoms with E-state index in [9.17, 15) is 14.7 Å². The highest BCUT2D eigenvalue weighted by molar-refractivity contribution is 6.42. The lowest BCUT2D eigenvalue weighted by Gasteiger charge is -2.38. The number of fused-ring (bicyclic) bond motifs is 2. The van der Waals surface area contributed by atoms with Gasteiger partial charge in [0.05, 0.1) is 22.2 Å².